The van der Waals surface area contributed by atoms with Crippen molar-refractivity contribution in [1.82, 2.24) is 0 Å². The molecule has 1 aromatic rings. The lowest BCUT2D eigenvalue weighted by molar-refractivity contribution is -0.206. The minimum atomic E-state index is -0.963. The van der Waals surface area contributed by atoms with Crippen LogP contribution in [0.3, 0.4) is 0 Å². The lowest BCUT2D eigenvalue weighted by atomic mass is 9.44. The van der Waals surface area contributed by atoms with Gasteiger partial charge in [0.1, 0.15) is 11.9 Å². The molecule has 4 aliphatic rings. The minimum absolute atomic E-state index is 0.0609. The van der Waals surface area contributed by atoms with E-state index in [9.17, 15) is 19.7 Å². The van der Waals surface area contributed by atoms with Crippen molar-refractivity contribution < 1.29 is 29.1 Å². The highest BCUT2D eigenvalue weighted by molar-refractivity contribution is 6.61. The van der Waals surface area contributed by atoms with Crippen LogP contribution < -0.4 is 11.2 Å². The summed E-state index contributed by atoms with van der Waals surface area (Å²) in [6.07, 6.45) is 4.74. The molecule has 5 rings (SSSR count). The number of benzene rings is 1. The van der Waals surface area contributed by atoms with Crippen molar-refractivity contribution in [1.29, 1.82) is 0 Å². The number of fused-ring (bicyclic) bond motifs is 1. The van der Waals surface area contributed by atoms with Crippen molar-refractivity contribution in [2.45, 2.75) is 98.0 Å². The molecule has 2 bridgehead atoms. The van der Waals surface area contributed by atoms with Crippen molar-refractivity contribution in [2.24, 2.45) is 39.7 Å². The van der Waals surface area contributed by atoms with Gasteiger partial charge in [0, 0.05) is 36.1 Å². The molecule has 39 heavy (non-hydrogen) atoms. The van der Waals surface area contributed by atoms with Crippen LogP contribution in [0.25, 0.3) is 0 Å². The Kier molecular flexibility index (Phi) is 7.41. The first-order valence-corrected chi connectivity index (χ1v) is 14.6. The van der Waals surface area contributed by atoms with Crippen LogP contribution >= 0.6 is 0 Å². The number of hydrogen-bond acceptors (Lipinski definition) is 7. The third-order valence-corrected chi connectivity index (χ3v) is 11.5. The van der Waals surface area contributed by atoms with Crippen molar-refractivity contribution in [3.05, 3.63) is 41.5 Å². The Hall–Kier alpha value is -2.00. The molecule has 212 valence electrons. The maximum Gasteiger partial charge on any atom is 0.491 e. The molecule has 0 unspecified atom stereocenters. The number of aliphatic hydroxyl groups is 1. The van der Waals surface area contributed by atoms with Gasteiger partial charge >= 0.3 is 13.1 Å². The van der Waals surface area contributed by atoms with Gasteiger partial charge in [0.05, 0.1) is 12.7 Å². The van der Waals surface area contributed by atoms with E-state index in [1.54, 1.807) is 0 Å². The number of ketones is 1. The summed E-state index contributed by atoms with van der Waals surface area (Å²) in [5.74, 6) is -0.196. The normalized spacial score (nSPS) is 39.5. The highest BCUT2D eigenvalue weighted by Crippen LogP contribution is 2.68. The fraction of sp³-hybridized carbons (Fsp3) is 0.677. The monoisotopic (exact) mass is 537 g/mol. The summed E-state index contributed by atoms with van der Waals surface area (Å²) in [5, 5.41) is 21.8. The molecule has 1 heterocycles. The van der Waals surface area contributed by atoms with Gasteiger partial charge < -0.3 is 25.3 Å². The lowest BCUT2D eigenvalue weighted by Gasteiger charge is -2.61. The molecule has 8 heteroatoms. The highest BCUT2D eigenvalue weighted by atomic mass is 16.5. The second-order valence-corrected chi connectivity index (χ2v) is 13.3. The van der Waals surface area contributed by atoms with Crippen molar-refractivity contribution in [2.75, 3.05) is 0 Å². The summed E-state index contributed by atoms with van der Waals surface area (Å²) in [5.41, 5.74) is 7.99. The molecular formula is C31H44BNO6. The van der Waals surface area contributed by atoms with Gasteiger partial charge in [0.2, 0.25) is 0 Å². The number of ether oxygens (including phenoxy) is 1. The summed E-state index contributed by atoms with van der Waals surface area (Å²) >= 11 is 0. The quantitative estimate of drug-likeness (QED) is 0.290. The summed E-state index contributed by atoms with van der Waals surface area (Å²) in [6, 6.07) is 3.84. The number of hydrogen-bond donors (Lipinski definition) is 3. The zero-order valence-corrected chi connectivity index (χ0v) is 23.9. The number of carbonyl (C=O) groups excluding carboxylic acids is 2. The van der Waals surface area contributed by atoms with E-state index < -0.39 is 30.2 Å². The molecule has 8 atom stereocenters. The first kappa shape index (κ1) is 28.5. The Balaban J connectivity index is 1.45. The zero-order valence-electron chi connectivity index (χ0n) is 23.9. The summed E-state index contributed by atoms with van der Waals surface area (Å²) in [6.45, 7) is 13.2. The predicted octanol–water partition coefficient (Wildman–Crippen LogP) is 3.20. The van der Waals surface area contributed by atoms with Gasteiger partial charge in [-0.1, -0.05) is 45.9 Å². The SMILES string of the molecule is C=C[C@]1(C)C[C@@H](OC(=O)CCc2cc3c(cc2CN)COB3O)[C@]2(C)[C@H](C)CC[C@]3(CCC(=O)[C@H]32)[C@@H](C)[C@@H]1O. The molecule has 4 N–H and O–H groups in total. The van der Waals surface area contributed by atoms with E-state index in [4.69, 9.17) is 15.1 Å². The first-order chi connectivity index (χ1) is 18.4. The fourth-order valence-corrected chi connectivity index (χ4v) is 8.75. The topological polar surface area (TPSA) is 119 Å². The van der Waals surface area contributed by atoms with Crippen LogP contribution in [0.15, 0.2) is 24.8 Å². The largest absolute Gasteiger partial charge is 0.491 e. The number of aliphatic hydroxyl groups excluding tert-OH is 1. The van der Waals surface area contributed by atoms with Crippen LogP contribution in [-0.2, 0) is 38.6 Å². The molecule has 0 saturated heterocycles. The van der Waals surface area contributed by atoms with Crippen LogP contribution in [0.5, 0.6) is 0 Å². The van der Waals surface area contributed by atoms with E-state index >= 15 is 0 Å². The predicted molar refractivity (Wildman–Crippen MR) is 150 cm³/mol. The van der Waals surface area contributed by atoms with E-state index in [1.807, 2.05) is 25.1 Å². The summed E-state index contributed by atoms with van der Waals surface area (Å²) < 4.78 is 11.7. The molecule has 1 aliphatic heterocycles. The Morgan fingerprint density at radius 2 is 2.03 bits per heavy atom. The number of Topliss-reactive ketones (excluding diaryl/α,β-unsaturated/α-hetero) is 1. The van der Waals surface area contributed by atoms with Crippen LogP contribution in [-0.4, -0.2) is 41.2 Å². The Bertz CT molecular complexity index is 1170. The maximum atomic E-state index is 13.6. The van der Waals surface area contributed by atoms with Crippen molar-refractivity contribution >= 4 is 24.3 Å². The van der Waals surface area contributed by atoms with Gasteiger partial charge in [-0.25, -0.2) is 0 Å². The van der Waals surface area contributed by atoms with Gasteiger partial charge in [-0.2, -0.15) is 0 Å². The van der Waals surface area contributed by atoms with E-state index in [1.165, 1.54) is 0 Å². The Morgan fingerprint density at radius 1 is 1.28 bits per heavy atom. The van der Waals surface area contributed by atoms with Crippen molar-refractivity contribution in [3.63, 3.8) is 0 Å². The number of aryl methyl sites for hydroxylation is 1. The van der Waals surface area contributed by atoms with E-state index in [0.29, 0.717) is 32.4 Å². The van der Waals surface area contributed by atoms with Crippen LogP contribution in [0.2, 0.25) is 0 Å². The van der Waals surface area contributed by atoms with E-state index in [2.05, 4.69) is 27.4 Å². The molecule has 7 nitrogen and oxygen atoms in total. The molecule has 1 aromatic carbocycles. The maximum absolute atomic E-state index is 13.6. The van der Waals surface area contributed by atoms with Gasteiger partial charge in [-0.3, -0.25) is 9.59 Å². The van der Waals surface area contributed by atoms with Crippen LogP contribution in [0.1, 0.15) is 82.9 Å². The van der Waals surface area contributed by atoms with E-state index in [0.717, 1.165) is 41.4 Å². The lowest BCUT2D eigenvalue weighted by Crippen LogP contribution is -2.63. The average molecular weight is 538 g/mol. The smallest absolute Gasteiger partial charge is 0.462 e. The van der Waals surface area contributed by atoms with Gasteiger partial charge in [0.15, 0.2) is 0 Å². The number of carbonyl (C=O) groups is 2. The average Bonchev–Trinajstić information content (AvgIpc) is 3.47. The summed E-state index contributed by atoms with van der Waals surface area (Å²) in [7, 11) is -0.963. The van der Waals surface area contributed by atoms with Gasteiger partial charge in [-0.15, -0.1) is 6.58 Å². The van der Waals surface area contributed by atoms with E-state index in [-0.39, 0.29) is 41.3 Å². The zero-order chi connectivity index (χ0) is 28.3. The standard InChI is InChI=1S/C31H44BNO6/c1-6-29(4)15-25(30(5)18(2)9-11-31(19(3)28(29)36)12-10-24(34)27(30)31)39-26(35)8-7-20-14-23-22(13-21(20)16-33)17-38-32(23)37/h6,13-14,18-19,25,27-28,36-37H,1,7-12,15-17,33H2,2-5H3/t18-,19+,25-,27+,28+,29-,30+,31+/m1/s1. The first-order valence-electron chi connectivity index (χ1n) is 14.6. The van der Waals surface area contributed by atoms with Crippen molar-refractivity contribution in [3.8, 4) is 0 Å². The van der Waals surface area contributed by atoms with Crippen LogP contribution in [0.4, 0.5) is 0 Å². The number of rotatable bonds is 6. The molecular weight excluding hydrogens is 493 g/mol. The third kappa shape index (κ3) is 4.33. The minimum Gasteiger partial charge on any atom is -0.462 e. The Labute approximate surface area is 232 Å². The van der Waals surface area contributed by atoms with Gasteiger partial charge in [-0.05, 0) is 71.5 Å². The molecule has 0 amide bonds. The molecule has 3 aliphatic carbocycles. The second kappa shape index (κ2) is 10.1. The fourth-order valence-electron chi connectivity index (χ4n) is 8.75. The third-order valence-electron chi connectivity index (χ3n) is 11.5. The Morgan fingerprint density at radius 3 is 2.72 bits per heavy atom. The van der Waals surface area contributed by atoms with Crippen LogP contribution in [0, 0.1) is 34.0 Å². The molecule has 3 fully saturated rings. The summed E-state index contributed by atoms with van der Waals surface area (Å²) in [4.78, 5) is 27.1. The highest BCUT2D eigenvalue weighted by Gasteiger charge is 2.68. The number of nitrogens with two attached hydrogens (primary N) is 1. The molecule has 0 spiro atoms. The number of esters is 1. The molecule has 0 radical (unpaired) electrons. The molecule has 0 aromatic heterocycles. The van der Waals surface area contributed by atoms with Gasteiger partial charge in [0.25, 0.3) is 0 Å². The molecule has 3 saturated carbocycles. The second-order valence-electron chi connectivity index (χ2n) is 13.3.